The first-order chi connectivity index (χ1) is 10.1. The van der Waals surface area contributed by atoms with Crippen LogP contribution in [-0.4, -0.2) is 22.6 Å². The van der Waals surface area contributed by atoms with E-state index in [0.29, 0.717) is 24.7 Å². The van der Waals surface area contributed by atoms with Gasteiger partial charge in [0.15, 0.2) is 5.82 Å². The molecule has 0 saturated carbocycles. The SMILES string of the molecule is CCNC(=O)Cc1ccc(N[C@@H](C)c2nc(C)no2)cc1. The van der Waals surface area contributed by atoms with Crippen LogP contribution in [0.3, 0.4) is 0 Å². The number of nitrogens with one attached hydrogen (secondary N) is 2. The molecule has 2 rings (SSSR count). The van der Waals surface area contributed by atoms with Crippen molar-refractivity contribution in [1.29, 1.82) is 0 Å². The van der Waals surface area contributed by atoms with Gasteiger partial charge in [-0.15, -0.1) is 0 Å². The highest BCUT2D eigenvalue weighted by atomic mass is 16.5. The first-order valence-corrected chi connectivity index (χ1v) is 7.01. The third-order valence-corrected chi connectivity index (χ3v) is 2.99. The Morgan fingerprint density at radius 2 is 2.05 bits per heavy atom. The van der Waals surface area contributed by atoms with Gasteiger partial charge in [-0.1, -0.05) is 17.3 Å². The fourth-order valence-corrected chi connectivity index (χ4v) is 1.96. The number of benzene rings is 1. The highest BCUT2D eigenvalue weighted by Gasteiger charge is 2.12. The Morgan fingerprint density at radius 3 is 2.62 bits per heavy atom. The monoisotopic (exact) mass is 288 g/mol. The molecule has 2 aromatic rings. The minimum atomic E-state index is -0.0690. The number of anilines is 1. The lowest BCUT2D eigenvalue weighted by molar-refractivity contribution is -0.120. The molecule has 0 bridgehead atoms. The molecule has 1 amide bonds. The topological polar surface area (TPSA) is 80.0 Å². The average molecular weight is 288 g/mol. The second kappa shape index (κ2) is 6.88. The molecule has 1 heterocycles. The molecule has 1 aromatic carbocycles. The van der Waals surface area contributed by atoms with Gasteiger partial charge in [-0.3, -0.25) is 4.79 Å². The van der Waals surface area contributed by atoms with E-state index in [1.165, 1.54) is 0 Å². The van der Waals surface area contributed by atoms with Crippen LogP contribution < -0.4 is 10.6 Å². The number of likely N-dealkylation sites (N-methyl/N-ethyl adjacent to an activating group) is 1. The largest absolute Gasteiger partial charge is 0.374 e. The smallest absolute Gasteiger partial charge is 0.248 e. The van der Waals surface area contributed by atoms with Crippen LogP contribution in [0.1, 0.15) is 37.2 Å². The summed E-state index contributed by atoms with van der Waals surface area (Å²) in [6.45, 7) is 6.30. The number of aromatic nitrogens is 2. The maximum Gasteiger partial charge on any atom is 0.248 e. The fourth-order valence-electron chi connectivity index (χ4n) is 1.96. The molecule has 0 spiro atoms. The number of rotatable bonds is 6. The zero-order chi connectivity index (χ0) is 15.2. The van der Waals surface area contributed by atoms with Gasteiger partial charge in [-0.2, -0.15) is 4.98 Å². The number of nitrogens with zero attached hydrogens (tertiary/aromatic N) is 2. The van der Waals surface area contributed by atoms with E-state index in [-0.39, 0.29) is 11.9 Å². The van der Waals surface area contributed by atoms with E-state index in [1.54, 1.807) is 6.92 Å². The summed E-state index contributed by atoms with van der Waals surface area (Å²) in [6.07, 6.45) is 0.395. The Bertz CT molecular complexity index is 592. The lowest BCUT2D eigenvalue weighted by atomic mass is 10.1. The fraction of sp³-hybridized carbons (Fsp3) is 0.400. The molecule has 0 aliphatic heterocycles. The number of hydrogen-bond donors (Lipinski definition) is 2. The molecule has 0 aliphatic carbocycles. The average Bonchev–Trinajstić information content (AvgIpc) is 2.88. The van der Waals surface area contributed by atoms with Gasteiger partial charge < -0.3 is 15.2 Å². The maximum absolute atomic E-state index is 11.5. The second-order valence-electron chi connectivity index (χ2n) is 4.87. The first kappa shape index (κ1) is 15.0. The number of aryl methyl sites for hydroxylation is 1. The number of amides is 1. The molecule has 0 unspecified atom stereocenters. The summed E-state index contributed by atoms with van der Waals surface area (Å²) >= 11 is 0. The molecule has 2 N–H and O–H groups in total. The molecule has 1 aromatic heterocycles. The van der Waals surface area contributed by atoms with E-state index in [2.05, 4.69) is 20.8 Å². The van der Waals surface area contributed by atoms with E-state index in [1.807, 2.05) is 38.1 Å². The summed E-state index contributed by atoms with van der Waals surface area (Å²) < 4.78 is 5.12. The van der Waals surface area contributed by atoms with Gasteiger partial charge in [0, 0.05) is 12.2 Å². The van der Waals surface area contributed by atoms with Gasteiger partial charge in [0.05, 0.1) is 6.42 Å². The molecular weight excluding hydrogens is 268 g/mol. The standard InChI is InChI=1S/C15H20N4O2/c1-4-16-14(20)9-12-5-7-13(8-6-12)17-10(2)15-18-11(3)19-21-15/h5-8,10,17H,4,9H2,1-3H3,(H,16,20)/t10-/m0/s1. The Morgan fingerprint density at radius 1 is 1.33 bits per heavy atom. The third kappa shape index (κ3) is 4.30. The summed E-state index contributed by atoms with van der Waals surface area (Å²) in [4.78, 5) is 15.7. The lowest BCUT2D eigenvalue weighted by Crippen LogP contribution is -2.24. The summed E-state index contributed by atoms with van der Waals surface area (Å²) in [5, 5.41) is 9.84. The zero-order valence-corrected chi connectivity index (χ0v) is 12.5. The zero-order valence-electron chi connectivity index (χ0n) is 12.5. The first-order valence-electron chi connectivity index (χ1n) is 7.01. The summed E-state index contributed by atoms with van der Waals surface area (Å²) in [7, 11) is 0. The van der Waals surface area contributed by atoms with Crippen molar-refractivity contribution < 1.29 is 9.32 Å². The molecular formula is C15H20N4O2. The molecule has 112 valence electrons. The predicted molar refractivity (Wildman–Crippen MR) is 79.9 cm³/mol. The molecule has 0 aliphatic rings. The van der Waals surface area contributed by atoms with Crippen LogP contribution in [0.25, 0.3) is 0 Å². The van der Waals surface area contributed by atoms with Crippen molar-refractivity contribution >= 4 is 11.6 Å². The quantitative estimate of drug-likeness (QED) is 0.852. The second-order valence-corrected chi connectivity index (χ2v) is 4.87. The van der Waals surface area contributed by atoms with Gasteiger partial charge >= 0.3 is 0 Å². The minimum Gasteiger partial charge on any atom is -0.374 e. The van der Waals surface area contributed by atoms with Crippen LogP contribution in [-0.2, 0) is 11.2 Å². The maximum atomic E-state index is 11.5. The van der Waals surface area contributed by atoms with Crippen LogP contribution in [0.15, 0.2) is 28.8 Å². The Balaban J connectivity index is 1.94. The van der Waals surface area contributed by atoms with Crippen molar-refractivity contribution in [1.82, 2.24) is 15.5 Å². The van der Waals surface area contributed by atoms with Crippen molar-refractivity contribution in [3.63, 3.8) is 0 Å². The van der Waals surface area contributed by atoms with Gasteiger partial charge in [-0.25, -0.2) is 0 Å². The predicted octanol–water partition coefficient (Wildman–Crippen LogP) is 2.23. The summed E-state index contributed by atoms with van der Waals surface area (Å²) in [6, 6.07) is 7.68. The number of hydrogen-bond acceptors (Lipinski definition) is 5. The molecule has 21 heavy (non-hydrogen) atoms. The molecule has 6 nitrogen and oxygen atoms in total. The van der Waals surface area contributed by atoms with Crippen molar-refractivity contribution in [2.24, 2.45) is 0 Å². The van der Waals surface area contributed by atoms with E-state index < -0.39 is 0 Å². The van der Waals surface area contributed by atoms with Crippen LogP contribution in [0.2, 0.25) is 0 Å². The lowest BCUT2D eigenvalue weighted by Gasteiger charge is -2.11. The van der Waals surface area contributed by atoms with Crippen LogP contribution >= 0.6 is 0 Å². The number of carbonyl (C=O) groups is 1. The number of carbonyl (C=O) groups excluding carboxylic acids is 1. The van der Waals surface area contributed by atoms with Gasteiger partial charge in [0.2, 0.25) is 11.8 Å². The van der Waals surface area contributed by atoms with Crippen molar-refractivity contribution in [2.75, 3.05) is 11.9 Å². The molecule has 0 fully saturated rings. The van der Waals surface area contributed by atoms with E-state index in [0.717, 1.165) is 11.3 Å². The van der Waals surface area contributed by atoms with Crippen LogP contribution in [0.4, 0.5) is 5.69 Å². The molecule has 0 radical (unpaired) electrons. The van der Waals surface area contributed by atoms with Crippen LogP contribution in [0.5, 0.6) is 0 Å². The Hall–Kier alpha value is -2.37. The Kier molecular flexibility index (Phi) is 4.92. The van der Waals surface area contributed by atoms with Gasteiger partial charge in [-0.05, 0) is 38.5 Å². The summed E-state index contributed by atoms with van der Waals surface area (Å²) in [5.74, 6) is 1.21. The summed E-state index contributed by atoms with van der Waals surface area (Å²) in [5.41, 5.74) is 1.92. The van der Waals surface area contributed by atoms with Crippen molar-refractivity contribution in [3.05, 3.63) is 41.5 Å². The highest BCUT2D eigenvalue weighted by Crippen LogP contribution is 2.18. The molecule has 1 atom stereocenters. The molecule has 6 heteroatoms. The van der Waals surface area contributed by atoms with Crippen molar-refractivity contribution in [3.8, 4) is 0 Å². The third-order valence-electron chi connectivity index (χ3n) is 2.99. The van der Waals surface area contributed by atoms with Gasteiger partial charge in [0.25, 0.3) is 0 Å². The van der Waals surface area contributed by atoms with E-state index >= 15 is 0 Å². The Labute approximate surface area is 123 Å². The van der Waals surface area contributed by atoms with Gasteiger partial charge in [0.1, 0.15) is 6.04 Å². The van der Waals surface area contributed by atoms with E-state index in [4.69, 9.17) is 4.52 Å². The minimum absolute atomic E-state index is 0.0351. The van der Waals surface area contributed by atoms with Crippen LogP contribution in [0, 0.1) is 6.92 Å². The molecule has 0 saturated heterocycles. The van der Waals surface area contributed by atoms with E-state index in [9.17, 15) is 4.79 Å². The normalized spacial score (nSPS) is 12.0. The van der Waals surface area contributed by atoms with Crippen molar-refractivity contribution in [2.45, 2.75) is 33.2 Å². The highest BCUT2D eigenvalue weighted by molar-refractivity contribution is 5.78.